The predicted octanol–water partition coefficient (Wildman–Crippen LogP) is 4.41. The van der Waals surface area contributed by atoms with Crippen molar-refractivity contribution in [3.63, 3.8) is 0 Å². The van der Waals surface area contributed by atoms with Crippen molar-refractivity contribution in [3.05, 3.63) is 88.8 Å². The lowest BCUT2D eigenvalue weighted by molar-refractivity contribution is 0.0966. The molecule has 4 rings (SSSR count). The minimum atomic E-state index is -3.70. The molecule has 1 aromatic heterocycles. The normalized spacial score (nSPS) is 15.4. The second-order valence-corrected chi connectivity index (χ2v) is 9.51. The fraction of sp³-hybridized carbons (Fsp3) is 0.190. The lowest BCUT2D eigenvalue weighted by Crippen LogP contribution is -2.30. The molecule has 0 amide bonds. The van der Waals surface area contributed by atoms with Gasteiger partial charge in [0.05, 0.1) is 6.04 Å². The molecule has 1 unspecified atom stereocenters. The SMILES string of the molecule is O=C(c1ccccc1C(NS(=O)(=O)c1cccs1)c1ccccc1)C1CC1. The number of nitrogens with one attached hydrogen (secondary N) is 1. The van der Waals surface area contributed by atoms with Crippen molar-refractivity contribution < 1.29 is 13.2 Å². The highest BCUT2D eigenvalue weighted by Gasteiger charge is 2.34. The molecule has 1 aliphatic carbocycles. The monoisotopic (exact) mass is 397 g/mol. The first kappa shape index (κ1) is 18.1. The molecule has 6 heteroatoms. The van der Waals surface area contributed by atoms with Crippen LogP contribution in [0, 0.1) is 5.92 Å². The van der Waals surface area contributed by atoms with Crippen molar-refractivity contribution in [1.29, 1.82) is 0 Å². The molecular weight excluding hydrogens is 378 g/mol. The van der Waals surface area contributed by atoms with Crippen LogP contribution in [-0.4, -0.2) is 14.2 Å². The van der Waals surface area contributed by atoms with E-state index >= 15 is 0 Å². The summed E-state index contributed by atoms with van der Waals surface area (Å²) in [5.41, 5.74) is 2.09. The Morgan fingerprint density at radius 2 is 1.67 bits per heavy atom. The fourth-order valence-corrected chi connectivity index (χ4v) is 5.34. The molecule has 3 aromatic rings. The Kier molecular flexibility index (Phi) is 4.95. The quantitative estimate of drug-likeness (QED) is 0.601. The minimum absolute atomic E-state index is 0.0662. The number of hydrogen-bond donors (Lipinski definition) is 1. The topological polar surface area (TPSA) is 63.2 Å². The maximum absolute atomic E-state index is 12.9. The van der Waals surface area contributed by atoms with Crippen LogP contribution in [0.4, 0.5) is 0 Å². The van der Waals surface area contributed by atoms with Crippen LogP contribution in [0.2, 0.25) is 0 Å². The third-order valence-corrected chi connectivity index (χ3v) is 7.47. The summed E-state index contributed by atoms with van der Waals surface area (Å²) in [6, 6.07) is 19.3. The Labute approximate surface area is 162 Å². The van der Waals surface area contributed by atoms with Crippen molar-refractivity contribution in [1.82, 2.24) is 4.72 Å². The Hall–Kier alpha value is -2.28. The van der Waals surface area contributed by atoms with E-state index in [-0.39, 0.29) is 15.9 Å². The number of rotatable bonds is 7. The Bertz CT molecular complexity index is 1040. The second-order valence-electron chi connectivity index (χ2n) is 6.62. The maximum Gasteiger partial charge on any atom is 0.250 e. The van der Waals surface area contributed by atoms with E-state index in [0.29, 0.717) is 11.1 Å². The smallest absolute Gasteiger partial charge is 0.250 e. The van der Waals surface area contributed by atoms with Crippen LogP contribution in [0.5, 0.6) is 0 Å². The first-order chi connectivity index (χ1) is 13.1. The highest BCUT2D eigenvalue weighted by atomic mass is 32.2. The van der Waals surface area contributed by atoms with Gasteiger partial charge in [0.15, 0.2) is 5.78 Å². The van der Waals surface area contributed by atoms with Gasteiger partial charge in [-0.1, -0.05) is 60.7 Å². The zero-order valence-corrected chi connectivity index (χ0v) is 16.2. The molecule has 1 saturated carbocycles. The lowest BCUT2D eigenvalue weighted by atomic mass is 9.92. The molecule has 0 radical (unpaired) electrons. The van der Waals surface area contributed by atoms with Gasteiger partial charge < -0.3 is 0 Å². The molecule has 2 aromatic carbocycles. The zero-order valence-electron chi connectivity index (χ0n) is 14.5. The Morgan fingerprint density at radius 1 is 0.963 bits per heavy atom. The van der Waals surface area contributed by atoms with E-state index in [1.54, 1.807) is 23.6 Å². The first-order valence-corrected chi connectivity index (χ1v) is 11.2. The van der Waals surface area contributed by atoms with Crippen LogP contribution in [0.1, 0.15) is 40.4 Å². The Balaban J connectivity index is 1.79. The average molecular weight is 398 g/mol. The molecule has 27 heavy (non-hydrogen) atoms. The number of benzene rings is 2. The predicted molar refractivity (Wildman–Crippen MR) is 106 cm³/mol. The number of carbonyl (C=O) groups excluding carboxylic acids is 1. The molecule has 4 nitrogen and oxygen atoms in total. The molecule has 0 spiro atoms. The highest BCUT2D eigenvalue weighted by molar-refractivity contribution is 7.91. The number of ketones is 1. The van der Waals surface area contributed by atoms with Gasteiger partial charge in [-0.25, -0.2) is 8.42 Å². The van der Waals surface area contributed by atoms with Crippen LogP contribution in [0.25, 0.3) is 0 Å². The van der Waals surface area contributed by atoms with Crippen molar-refractivity contribution in [2.75, 3.05) is 0 Å². The summed E-state index contributed by atoms with van der Waals surface area (Å²) in [6.45, 7) is 0. The summed E-state index contributed by atoms with van der Waals surface area (Å²) in [7, 11) is -3.70. The van der Waals surface area contributed by atoms with Gasteiger partial charge in [0, 0.05) is 11.5 Å². The summed E-state index contributed by atoms with van der Waals surface area (Å²) in [6.07, 6.45) is 1.81. The summed E-state index contributed by atoms with van der Waals surface area (Å²) in [4.78, 5) is 12.8. The van der Waals surface area contributed by atoms with E-state index in [1.165, 1.54) is 11.3 Å². The Morgan fingerprint density at radius 3 is 2.33 bits per heavy atom. The van der Waals surface area contributed by atoms with Gasteiger partial charge in [0.25, 0.3) is 10.0 Å². The number of hydrogen-bond acceptors (Lipinski definition) is 4. The van der Waals surface area contributed by atoms with Gasteiger partial charge in [-0.3, -0.25) is 4.79 Å². The molecule has 1 heterocycles. The molecule has 1 aliphatic rings. The second kappa shape index (κ2) is 7.38. The molecule has 0 aliphatic heterocycles. The van der Waals surface area contributed by atoms with E-state index in [4.69, 9.17) is 0 Å². The van der Waals surface area contributed by atoms with Crippen molar-refractivity contribution in [3.8, 4) is 0 Å². The number of sulfonamides is 1. The third-order valence-electron chi connectivity index (χ3n) is 4.65. The molecule has 0 saturated heterocycles. The van der Waals surface area contributed by atoms with Crippen molar-refractivity contribution in [2.45, 2.75) is 23.1 Å². The highest BCUT2D eigenvalue weighted by Crippen LogP contribution is 2.36. The minimum Gasteiger partial charge on any atom is -0.294 e. The van der Waals surface area contributed by atoms with Gasteiger partial charge in [0.1, 0.15) is 4.21 Å². The number of thiophene rings is 1. The van der Waals surface area contributed by atoms with Gasteiger partial charge in [-0.05, 0) is 35.4 Å². The van der Waals surface area contributed by atoms with Gasteiger partial charge in [0.2, 0.25) is 0 Å². The van der Waals surface area contributed by atoms with Crippen LogP contribution < -0.4 is 4.72 Å². The van der Waals surface area contributed by atoms with Gasteiger partial charge in [-0.2, -0.15) is 4.72 Å². The summed E-state index contributed by atoms with van der Waals surface area (Å²) in [5, 5.41) is 1.73. The van der Waals surface area contributed by atoms with Gasteiger partial charge in [-0.15, -0.1) is 11.3 Å². The lowest BCUT2D eigenvalue weighted by Gasteiger charge is -2.22. The van der Waals surface area contributed by atoms with Crippen LogP contribution in [-0.2, 0) is 10.0 Å². The first-order valence-electron chi connectivity index (χ1n) is 8.80. The molecule has 0 bridgehead atoms. The zero-order chi connectivity index (χ0) is 18.9. The summed E-state index contributed by atoms with van der Waals surface area (Å²) < 4.78 is 28.9. The molecular formula is C21H19NO3S2. The van der Waals surface area contributed by atoms with Crippen LogP contribution in [0.3, 0.4) is 0 Å². The standard InChI is InChI=1S/C21H19NO3S2/c23-21(16-12-13-16)18-10-5-4-9-17(18)20(15-7-2-1-3-8-15)22-27(24,25)19-11-6-14-26-19/h1-11,14,16,20,22H,12-13H2. The largest absolute Gasteiger partial charge is 0.294 e. The number of Topliss-reactive ketones (excluding diaryl/α,β-unsaturated/α-hetero) is 1. The van der Waals surface area contributed by atoms with Crippen LogP contribution >= 0.6 is 11.3 Å². The third kappa shape index (κ3) is 3.88. The summed E-state index contributed by atoms with van der Waals surface area (Å²) >= 11 is 1.17. The van der Waals surface area contributed by atoms with Crippen LogP contribution in [0.15, 0.2) is 76.3 Å². The average Bonchev–Trinajstić information content (AvgIpc) is 3.39. The van der Waals surface area contributed by atoms with Crippen molar-refractivity contribution in [2.24, 2.45) is 5.92 Å². The van der Waals surface area contributed by atoms with E-state index in [0.717, 1.165) is 18.4 Å². The van der Waals surface area contributed by atoms with Gasteiger partial charge >= 0.3 is 0 Å². The van der Waals surface area contributed by atoms with E-state index in [2.05, 4.69) is 4.72 Å². The van der Waals surface area contributed by atoms with E-state index in [9.17, 15) is 13.2 Å². The molecule has 1 fully saturated rings. The van der Waals surface area contributed by atoms with Crippen molar-refractivity contribution >= 4 is 27.1 Å². The number of carbonyl (C=O) groups is 1. The van der Waals surface area contributed by atoms with E-state index < -0.39 is 16.1 Å². The van der Waals surface area contributed by atoms with E-state index in [1.807, 2.05) is 48.5 Å². The fourth-order valence-electron chi connectivity index (χ4n) is 3.12. The maximum atomic E-state index is 12.9. The summed E-state index contributed by atoms with van der Waals surface area (Å²) in [5.74, 6) is 0.165. The molecule has 1 atom stereocenters. The molecule has 138 valence electrons. The molecule has 1 N–H and O–H groups in total.